The van der Waals surface area contributed by atoms with Gasteiger partial charge in [-0.3, -0.25) is 4.68 Å². The highest BCUT2D eigenvalue weighted by molar-refractivity contribution is 5.59. The van der Waals surface area contributed by atoms with E-state index in [0.717, 1.165) is 30.1 Å². The maximum Gasteiger partial charge on any atom is 0.151 e. The molecule has 2 aromatic heterocycles. The fourth-order valence-corrected chi connectivity index (χ4v) is 2.09. The second-order valence-electron chi connectivity index (χ2n) is 4.99. The fraction of sp³-hybridized carbons (Fsp3) is 0.250. The first-order valence-electron chi connectivity index (χ1n) is 7.02. The number of aryl methyl sites for hydroxylation is 1. The molecule has 0 saturated carbocycles. The normalized spacial score (nSPS) is 10.9. The average molecular weight is 282 g/mol. The van der Waals surface area contributed by atoms with Crippen LogP contribution in [0.3, 0.4) is 0 Å². The SMILES string of the molecule is Cc1ccc(-c2cc(CNCCn3cccn3)on2)cc1. The molecule has 0 aliphatic carbocycles. The Morgan fingerprint density at radius 1 is 1.24 bits per heavy atom. The summed E-state index contributed by atoms with van der Waals surface area (Å²) in [4.78, 5) is 0. The van der Waals surface area contributed by atoms with Gasteiger partial charge >= 0.3 is 0 Å². The number of nitrogens with zero attached hydrogens (tertiary/aromatic N) is 3. The maximum atomic E-state index is 5.35. The van der Waals surface area contributed by atoms with Crippen LogP contribution in [0.1, 0.15) is 11.3 Å². The minimum atomic E-state index is 0.667. The van der Waals surface area contributed by atoms with Crippen molar-refractivity contribution < 1.29 is 4.52 Å². The highest BCUT2D eigenvalue weighted by Gasteiger charge is 2.06. The topological polar surface area (TPSA) is 55.9 Å². The second-order valence-corrected chi connectivity index (χ2v) is 4.99. The van der Waals surface area contributed by atoms with Crippen LogP contribution in [0.4, 0.5) is 0 Å². The molecule has 21 heavy (non-hydrogen) atoms. The molecular weight excluding hydrogens is 264 g/mol. The first-order valence-corrected chi connectivity index (χ1v) is 7.02. The molecular formula is C16H18N4O. The zero-order valence-corrected chi connectivity index (χ0v) is 12.0. The van der Waals surface area contributed by atoms with E-state index < -0.39 is 0 Å². The molecule has 1 N–H and O–H groups in total. The van der Waals surface area contributed by atoms with Crippen molar-refractivity contribution in [2.75, 3.05) is 6.54 Å². The number of rotatable bonds is 6. The lowest BCUT2D eigenvalue weighted by Gasteiger charge is -2.02. The van der Waals surface area contributed by atoms with E-state index in [4.69, 9.17) is 4.52 Å². The van der Waals surface area contributed by atoms with E-state index in [1.165, 1.54) is 5.56 Å². The summed E-state index contributed by atoms with van der Waals surface area (Å²) < 4.78 is 7.25. The van der Waals surface area contributed by atoms with Gasteiger partial charge in [-0.15, -0.1) is 0 Å². The van der Waals surface area contributed by atoms with Gasteiger partial charge in [0.1, 0.15) is 5.69 Å². The lowest BCUT2D eigenvalue weighted by atomic mass is 10.1. The van der Waals surface area contributed by atoms with Gasteiger partial charge in [0, 0.05) is 30.6 Å². The number of nitrogens with one attached hydrogen (secondary N) is 1. The van der Waals surface area contributed by atoms with Crippen LogP contribution < -0.4 is 5.32 Å². The Hall–Kier alpha value is -2.40. The van der Waals surface area contributed by atoms with Crippen LogP contribution in [0.25, 0.3) is 11.3 Å². The lowest BCUT2D eigenvalue weighted by molar-refractivity contribution is 0.372. The molecule has 0 unspecified atom stereocenters. The Bertz CT molecular complexity index is 671. The Morgan fingerprint density at radius 3 is 2.86 bits per heavy atom. The summed E-state index contributed by atoms with van der Waals surface area (Å²) in [5.74, 6) is 0.839. The third kappa shape index (κ3) is 3.58. The number of hydrogen-bond acceptors (Lipinski definition) is 4. The summed E-state index contributed by atoms with van der Waals surface area (Å²) in [6.45, 7) is 4.41. The molecule has 5 heteroatoms. The van der Waals surface area contributed by atoms with Crippen LogP contribution in [0.15, 0.2) is 53.3 Å². The van der Waals surface area contributed by atoms with Crippen molar-refractivity contribution in [3.05, 3.63) is 60.1 Å². The smallest absolute Gasteiger partial charge is 0.151 e. The average Bonchev–Trinajstić information content (AvgIpc) is 3.16. The predicted molar refractivity (Wildman–Crippen MR) is 80.6 cm³/mol. The first-order chi connectivity index (χ1) is 10.3. The predicted octanol–water partition coefficient (Wildman–Crippen LogP) is 2.64. The van der Waals surface area contributed by atoms with E-state index >= 15 is 0 Å². The molecule has 1 aromatic carbocycles. The van der Waals surface area contributed by atoms with Gasteiger partial charge in [-0.2, -0.15) is 5.10 Å². The van der Waals surface area contributed by atoms with Gasteiger partial charge in [-0.25, -0.2) is 0 Å². The first kappa shape index (κ1) is 13.6. The molecule has 5 nitrogen and oxygen atoms in total. The Morgan fingerprint density at radius 2 is 2.10 bits per heavy atom. The van der Waals surface area contributed by atoms with Gasteiger partial charge in [0.2, 0.25) is 0 Å². The summed E-state index contributed by atoms with van der Waals surface area (Å²) in [7, 11) is 0. The third-order valence-corrected chi connectivity index (χ3v) is 3.28. The summed E-state index contributed by atoms with van der Waals surface area (Å²) in [5, 5.41) is 11.6. The van der Waals surface area contributed by atoms with Gasteiger partial charge in [-0.1, -0.05) is 35.0 Å². The van der Waals surface area contributed by atoms with Crippen molar-refractivity contribution in [1.82, 2.24) is 20.3 Å². The van der Waals surface area contributed by atoms with E-state index in [1.807, 2.05) is 23.0 Å². The van der Waals surface area contributed by atoms with E-state index in [2.05, 4.69) is 46.8 Å². The maximum absolute atomic E-state index is 5.35. The number of aromatic nitrogens is 3. The van der Waals surface area contributed by atoms with Gasteiger partial charge in [0.05, 0.1) is 13.1 Å². The van der Waals surface area contributed by atoms with Crippen LogP contribution in [0.2, 0.25) is 0 Å². The zero-order valence-electron chi connectivity index (χ0n) is 12.0. The van der Waals surface area contributed by atoms with Gasteiger partial charge in [-0.05, 0) is 13.0 Å². The van der Waals surface area contributed by atoms with Crippen molar-refractivity contribution in [3.63, 3.8) is 0 Å². The lowest BCUT2D eigenvalue weighted by Crippen LogP contribution is -2.19. The summed E-state index contributed by atoms with van der Waals surface area (Å²) >= 11 is 0. The summed E-state index contributed by atoms with van der Waals surface area (Å²) in [6.07, 6.45) is 3.73. The van der Waals surface area contributed by atoms with Crippen molar-refractivity contribution in [1.29, 1.82) is 0 Å². The highest BCUT2D eigenvalue weighted by Crippen LogP contribution is 2.19. The summed E-state index contributed by atoms with van der Waals surface area (Å²) in [6, 6.07) is 12.2. The third-order valence-electron chi connectivity index (χ3n) is 3.28. The van der Waals surface area contributed by atoms with Crippen LogP contribution in [-0.4, -0.2) is 21.5 Å². The monoisotopic (exact) mass is 282 g/mol. The number of hydrogen-bond donors (Lipinski definition) is 1. The van der Waals surface area contributed by atoms with Crippen molar-refractivity contribution in [2.45, 2.75) is 20.0 Å². The molecule has 0 bridgehead atoms. The van der Waals surface area contributed by atoms with Crippen molar-refractivity contribution >= 4 is 0 Å². The Labute approximate surface area is 123 Å². The van der Waals surface area contributed by atoms with Crippen LogP contribution in [-0.2, 0) is 13.1 Å². The Kier molecular flexibility index (Phi) is 4.12. The van der Waals surface area contributed by atoms with E-state index in [0.29, 0.717) is 6.54 Å². The Balaban J connectivity index is 1.52. The molecule has 2 heterocycles. The quantitative estimate of drug-likeness (QED) is 0.706. The summed E-state index contributed by atoms with van der Waals surface area (Å²) in [5.41, 5.74) is 3.19. The highest BCUT2D eigenvalue weighted by atomic mass is 16.5. The van der Waals surface area contributed by atoms with Crippen LogP contribution >= 0.6 is 0 Å². The number of benzene rings is 1. The molecule has 0 fully saturated rings. The second kappa shape index (κ2) is 6.37. The molecule has 3 aromatic rings. The van der Waals surface area contributed by atoms with E-state index in [9.17, 15) is 0 Å². The van der Waals surface area contributed by atoms with E-state index in [-0.39, 0.29) is 0 Å². The molecule has 108 valence electrons. The molecule has 0 amide bonds. The zero-order chi connectivity index (χ0) is 14.5. The van der Waals surface area contributed by atoms with Crippen LogP contribution in [0, 0.1) is 6.92 Å². The fourth-order valence-electron chi connectivity index (χ4n) is 2.09. The van der Waals surface area contributed by atoms with Crippen molar-refractivity contribution in [3.8, 4) is 11.3 Å². The van der Waals surface area contributed by atoms with Gasteiger partial charge < -0.3 is 9.84 Å². The molecule has 0 aliphatic heterocycles. The molecule has 0 radical (unpaired) electrons. The largest absolute Gasteiger partial charge is 0.359 e. The molecule has 0 atom stereocenters. The standard InChI is InChI=1S/C16H18N4O/c1-13-3-5-14(6-4-13)16-11-15(21-19-16)12-17-8-10-20-9-2-7-18-20/h2-7,9,11,17H,8,10,12H2,1H3. The van der Waals surface area contributed by atoms with Gasteiger partial charge in [0.15, 0.2) is 5.76 Å². The minimum Gasteiger partial charge on any atom is -0.359 e. The van der Waals surface area contributed by atoms with Gasteiger partial charge in [0.25, 0.3) is 0 Å². The molecule has 0 aliphatic rings. The molecule has 3 rings (SSSR count). The van der Waals surface area contributed by atoms with Crippen LogP contribution in [0.5, 0.6) is 0 Å². The minimum absolute atomic E-state index is 0.667. The van der Waals surface area contributed by atoms with E-state index in [1.54, 1.807) is 6.20 Å². The molecule has 0 saturated heterocycles. The van der Waals surface area contributed by atoms with Crippen molar-refractivity contribution in [2.24, 2.45) is 0 Å². The molecule has 0 spiro atoms.